The van der Waals surface area contributed by atoms with Crippen LogP contribution in [0.15, 0.2) is 172 Å². The van der Waals surface area contributed by atoms with Gasteiger partial charge in [-0.1, -0.05) is 133 Å². The van der Waals surface area contributed by atoms with Gasteiger partial charge in [0.15, 0.2) is 0 Å². The minimum absolute atomic E-state index is 0.103. The Hall–Kier alpha value is -6.67. The Balaban J connectivity index is 1.35. The lowest BCUT2D eigenvalue weighted by molar-refractivity contribution is 0.746. The van der Waals surface area contributed by atoms with Crippen molar-refractivity contribution in [3.05, 3.63) is 190 Å². The molecule has 0 amide bonds. The number of nitrogens with one attached hydrogen (secondary N) is 1. The molecule has 0 aliphatic carbocycles. The van der Waals surface area contributed by atoms with E-state index >= 15 is 0 Å². The number of hydrogen-bond acceptors (Lipinski definition) is 6. The zero-order chi connectivity index (χ0) is 32.5. The third-order valence-corrected chi connectivity index (χ3v) is 8.28. The van der Waals surface area contributed by atoms with Crippen LogP contribution in [0.3, 0.4) is 0 Å². The molecular weight excluding hydrogens is 596 g/mol. The minimum atomic E-state index is -0.797. The van der Waals surface area contributed by atoms with Crippen LogP contribution in [-0.4, -0.2) is 25.1 Å². The molecule has 1 N–H and O–H groups in total. The van der Waals surface area contributed by atoms with E-state index in [-0.39, 0.29) is 17.9 Å². The molecule has 5 aromatic carbocycles. The van der Waals surface area contributed by atoms with Gasteiger partial charge in [-0.25, -0.2) is 24.1 Å². The van der Waals surface area contributed by atoms with Crippen LogP contribution in [0.25, 0.3) is 45.2 Å². The van der Waals surface area contributed by atoms with Crippen LogP contribution < -0.4 is 16.4 Å². The van der Waals surface area contributed by atoms with E-state index in [1.165, 1.54) is 9.13 Å². The molecule has 8 heteroatoms. The molecule has 0 bridgehead atoms. The standard InChI is InChI=1S/C40H28N6O2/c47-37-38(48)46(40-43-33(29-19-9-3-10-20-29)26-34(44-40)30-21-11-4-12-22-30)36-24-14-13-23-35(36)45(37)39-41-31(27-15-5-1-6-16-27)25-32(42-39)28-17-7-2-8-18-28/h1-26,31H,(H,41,42). The van der Waals surface area contributed by atoms with Gasteiger partial charge in [0.2, 0.25) is 11.9 Å². The summed E-state index contributed by atoms with van der Waals surface area (Å²) in [7, 11) is 0. The predicted octanol–water partition coefficient (Wildman–Crippen LogP) is 6.87. The summed E-state index contributed by atoms with van der Waals surface area (Å²) < 4.78 is 2.66. The van der Waals surface area contributed by atoms with Gasteiger partial charge < -0.3 is 5.32 Å². The summed E-state index contributed by atoms with van der Waals surface area (Å²) in [5, 5.41) is 3.42. The molecule has 0 saturated heterocycles. The average molecular weight is 625 g/mol. The quantitative estimate of drug-likeness (QED) is 0.211. The Morgan fingerprint density at radius 3 is 1.54 bits per heavy atom. The lowest BCUT2D eigenvalue weighted by atomic mass is 10.0. The van der Waals surface area contributed by atoms with Gasteiger partial charge in [0, 0.05) is 16.7 Å². The molecule has 1 aliphatic rings. The molecular formula is C40H28N6O2. The van der Waals surface area contributed by atoms with Gasteiger partial charge in [0.05, 0.1) is 34.2 Å². The van der Waals surface area contributed by atoms with Crippen molar-refractivity contribution >= 4 is 22.7 Å². The van der Waals surface area contributed by atoms with E-state index in [0.717, 1.165) is 22.3 Å². The van der Waals surface area contributed by atoms with E-state index in [1.54, 1.807) is 12.1 Å². The minimum Gasteiger partial charge on any atom is -0.345 e. The van der Waals surface area contributed by atoms with Gasteiger partial charge in [-0.3, -0.25) is 9.59 Å². The van der Waals surface area contributed by atoms with Crippen LogP contribution in [0.4, 0.5) is 0 Å². The first-order chi connectivity index (χ1) is 23.6. The summed E-state index contributed by atoms with van der Waals surface area (Å²) in [6.07, 6.45) is 2.02. The smallest absolute Gasteiger partial charge is 0.324 e. The van der Waals surface area contributed by atoms with E-state index in [4.69, 9.17) is 15.0 Å². The summed E-state index contributed by atoms with van der Waals surface area (Å²) in [5.41, 5.74) is 4.89. The van der Waals surface area contributed by atoms with Crippen molar-refractivity contribution in [1.29, 1.82) is 0 Å². The van der Waals surface area contributed by atoms with Crippen LogP contribution >= 0.6 is 0 Å². The number of nitrogens with zero attached hydrogens (tertiary/aromatic N) is 5. The second-order valence-corrected chi connectivity index (χ2v) is 11.3. The molecule has 1 unspecified atom stereocenters. The molecule has 8 nitrogen and oxygen atoms in total. The van der Waals surface area contributed by atoms with Crippen LogP contribution in [0.5, 0.6) is 0 Å². The van der Waals surface area contributed by atoms with Gasteiger partial charge in [-0.05, 0) is 29.8 Å². The van der Waals surface area contributed by atoms with Crippen molar-refractivity contribution in [3.63, 3.8) is 0 Å². The summed E-state index contributed by atoms with van der Waals surface area (Å²) in [5.74, 6) is 0.353. The fraction of sp³-hybridized carbons (Fsp3) is 0.0250. The van der Waals surface area contributed by atoms with Gasteiger partial charge in [0.25, 0.3) is 0 Å². The predicted molar refractivity (Wildman–Crippen MR) is 190 cm³/mol. The topological polar surface area (TPSA) is 94.2 Å². The molecule has 7 aromatic rings. The van der Waals surface area contributed by atoms with E-state index in [9.17, 15) is 9.59 Å². The fourth-order valence-corrected chi connectivity index (χ4v) is 5.96. The Morgan fingerprint density at radius 2 is 0.979 bits per heavy atom. The van der Waals surface area contributed by atoms with Gasteiger partial charge in [0.1, 0.15) is 0 Å². The average Bonchev–Trinajstić information content (AvgIpc) is 3.16. The monoisotopic (exact) mass is 624 g/mol. The first-order valence-corrected chi connectivity index (χ1v) is 15.6. The molecule has 48 heavy (non-hydrogen) atoms. The van der Waals surface area contributed by atoms with E-state index in [0.29, 0.717) is 28.1 Å². The van der Waals surface area contributed by atoms with Crippen LogP contribution in [0.1, 0.15) is 17.2 Å². The second-order valence-electron chi connectivity index (χ2n) is 11.3. The number of benzene rings is 5. The lowest BCUT2D eigenvalue weighted by Gasteiger charge is -2.26. The Morgan fingerprint density at radius 1 is 0.521 bits per heavy atom. The molecule has 1 atom stereocenters. The molecule has 0 spiro atoms. The molecule has 0 radical (unpaired) electrons. The third-order valence-electron chi connectivity index (χ3n) is 8.28. The number of para-hydroxylation sites is 2. The summed E-state index contributed by atoms with van der Waals surface area (Å²) in [6, 6.07) is 47.9. The molecule has 2 aromatic heterocycles. The van der Waals surface area contributed by atoms with Crippen LogP contribution in [-0.2, 0) is 0 Å². The van der Waals surface area contributed by atoms with Crippen molar-refractivity contribution in [2.45, 2.75) is 6.04 Å². The first-order valence-electron chi connectivity index (χ1n) is 15.6. The second kappa shape index (κ2) is 12.3. The normalized spacial score (nSPS) is 14.2. The first kappa shape index (κ1) is 28.8. The van der Waals surface area contributed by atoms with Crippen LogP contribution in [0.2, 0.25) is 0 Å². The van der Waals surface area contributed by atoms with Crippen LogP contribution in [0, 0.1) is 0 Å². The molecule has 0 fully saturated rings. The number of aromatic nitrogens is 4. The van der Waals surface area contributed by atoms with E-state index < -0.39 is 11.1 Å². The highest BCUT2D eigenvalue weighted by Crippen LogP contribution is 2.28. The summed E-state index contributed by atoms with van der Waals surface area (Å²) in [6.45, 7) is 0. The van der Waals surface area contributed by atoms with Gasteiger partial charge in [-0.15, -0.1) is 0 Å². The highest BCUT2D eigenvalue weighted by Gasteiger charge is 2.25. The maximum Gasteiger partial charge on any atom is 0.324 e. The summed E-state index contributed by atoms with van der Waals surface area (Å²) >= 11 is 0. The molecule has 3 heterocycles. The maximum atomic E-state index is 14.3. The number of hydrogen-bond donors (Lipinski definition) is 1. The Kier molecular flexibility index (Phi) is 7.35. The van der Waals surface area contributed by atoms with Crippen molar-refractivity contribution in [3.8, 4) is 28.5 Å². The zero-order valence-corrected chi connectivity index (χ0v) is 25.6. The number of aliphatic imine (C=N–C) groups is 1. The Labute approximate surface area is 275 Å². The fourth-order valence-electron chi connectivity index (χ4n) is 5.96. The maximum absolute atomic E-state index is 14.3. The lowest BCUT2D eigenvalue weighted by Crippen LogP contribution is -2.48. The van der Waals surface area contributed by atoms with Crippen molar-refractivity contribution < 1.29 is 0 Å². The van der Waals surface area contributed by atoms with Crippen molar-refractivity contribution in [1.82, 2.24) is 24.4 Å². The van der Waals surface area contributed by atoms with E-state index in [2.05, 4.69) is 5.32 Å². The zero-order valence-electron chi connectivity index (χ0n) is 25.6. The highest BCUT2D eigenvalue weighted by atomic mass is 16.2. The van der Waals surface area contributed by atoms with E-state index in [1.807, 2.05) is 146 Å². The van der Waals surface area contributed by atoms with Gasteiger partial charge in [-0.2, -0.15) is 0 Å². The Bertz CT molecular complexity index is 2400. The molecule has 1 aliphatic heterocycles. The largest absolute Gasteiger partial charge is 0.345 e. The molecule has 0 saturated carbocycles. The summed E-state index contributed by atoms with van der Waals surface area (Å²) in [4.78, 5) is 43.2. The van der Waals surface area contributed by atoms with Gasteiger partial charge >= 0.3 is 11.1 Å². The van der Waals surface area contributed by atoms with Crippen molar-refractivity contribution in [2.24, 2.45) is 4.99 Å². The number of rotatable bonds is 5. The molecule has 8 rings (SSSR count). The highest BCUT2D eigenvalue weighted by molar-refractivity contribution is 5.96. The van der Waals surface area contributed by atoms with Crippen molar-refractivity contribution in [2.75, 3.05) is 0 Å². The number of fused-ring (bicyclic) bond motifs is 1. The SMILES string of the molecule is O=c1c(=O)n(-c2nc(-c3ccccc3)cc(-c3ccccc3)n2)c2ccccc2n1C1=NC(c2ccccc2)=CC(c2ccccc2)N1. The molecule has 230 valence electrons. The third kappa shape index (κ3) is 5.31.